The van der Waals surface area contributed by atoms with Crippen molar-refractivity contribution in [1.82, 2.24) is 14.7 Å². The van der Waals surface area contributed by atoms with Gasteiger partial charge in [-0.15, -0.1) is 0 Å². The minimum absolute atomic E-state index is 0.524. The van der Waals surface area contributed by atoms with Crippen molar-refractivity contribution in [3.63, 3.8) is 0 Å². The molecule has 1 aromatic rings. The molecule has 0 radical (unpaired) electrons. The summed E-state index contributed by atoms with van der Waals surface area (Å²) in [6, 6.07) is 2.76. The molecule has 2 heterocycles. The van der Waals surface area contributed by atoms with Gasteiger partial charge in [0, 0.05) is 19.3 Å². The van der Waals surface area contributed by atoms with Crippen molar-refractivity contribution in [2.75, 3.05) is 13.1 Å². The number of aliphatic hydroxyl groups is 1. The van der Waals surface area contributed by atoms with E-state index in [1.807, 2.05) is 6.92 Å². The van der Waals surface area contributed by atoms with E-state index in [1.54, 1.807) is 0 Å². The molecule has 4 heteroatoms. The molecule has 112 valence electrons. The monoisotopic (exact) mass is 277 g/mol. The first-order valence-corrected chi connectivity index (χ1v) is 8.11. The molecule has 4 nitrogen and oxygen atoms in total. The summed E-state index contributed by atoms with van der Waals surface area (Å²) < 4.78 is 2.18. The molecule has 1 unspecified atom stereocenters. The molecular weight excluding hydrogens is 250 g/mol. The number of nitrogens with zero attached hydrogens (tertiary/aromatic N) is 3. The summed E-state index contributed by atoms with van der Waals surface area (Å²) >= 11 is 0. The lowest BCUT2D eigenvalue weighted by Gasteiger charge is -2.36. The van der Waals surface area contributed by atoms with Crippen LogP contribution in [0, 0.1) is 0 Å². The first kappa shape index (κ1) is 14.1. The van der Waals surface area contributed by atoms with Gasteiger partial charge in [0.25, 0.3) is 0 Å². The topological polar surface area (TPSA) is 41.3 Å². The zero-order valence-electron chi connectivity index (χ0n) is 12.6. The van der Waals surface area contributed by atoms with Crippen LogP contribution in [0.3, 0.4) is 0 Å². The van der Waals surface area contributed by atoms with Gasteiger partial charge in [0.1, 0.15) is 0 Å². The van der Waals surface area contributed by atoms with Gasteiger partial charge >= 0.3 is 0 Å². The summed E-state index contributed by atoms with van der Waals surface area (Å²) in [4.78, 5) is 2.33. The Hall–Kier alpha value is -0.870. The Labute approximate surface area is 121 Å². The van der Waals surface area contributed by atoms with Crippen LogP contribution in [0.5, 0.6) is 0 Å². The Balaban J connectivity index is 1.59. The van der Waals surface area contributed by atoms with Gasteiger partial charge in [0.2, 0.25) is 0 Å². The second-order valence-corrected chi connectivity index (χ2v) is 6.89. The molecule has 0 aromatic carbocycles. The summed E-state index contributed by atoms with van der Waals surface area (Å²) in [6.45, 7) is 4.66. The molecule has 2 fully saturated rings. The zero-order chi connectivity index (χ0) is 14.0. The molecule has 2 aliphatic rings. The summed E-state index contributed by atoms with van der Waals surface area (Å²) in [6.07, 6.45) is 10.8. The Morgan fingerprint density at radius 3 is 2.85 bits per heavy atom. The molecule has 1 saturated heterocycles. The molecule has 0 amide bonds. The molecule has 1 aromatic heterocycles. The van der Waals surface area contributed by atoms with Crippen LogP contribution >= 0.6 is 0 Å². The van der Waals surface area contributed by atoms with Crippen LogP contribution in [-0.4, -0.2) is 38.5 Å². The Kier molecular flexibility index (Phi) is 4.13. The summed E-state index contributed by atoms with van der Waals surface area (Å²) in [5.74, 6) is 0. The fraction of sp³-hybridized carbons (Fsp3) is 0.812. The third kappa shape index (κ3) is 3.41. The van der Waals surface area contributed by atoms with Gasteiger partial charge in [0.05, 0.1) is 17.3 Å². The maximum atomic E-state index is 10.2. The summed E-state index contributed by atoms with van der Waals surface area (Å²) in [5, 5.41) is 14.9. The van der Waals surface area contributed by atoms with Gasteiger partial charge in [-0.05, 0) is 45.2 Å². The smallest absolute Gasteiger partial charge is 0.0764 e. The van der Waals surface area contributed by atoms with Crippen LogP contribution in [-0.2, 0) is 6.54 Å². The molecule has 20 heavy (non-hydrogen) atoms. The largest absolute Gasteiger partial charge is 0.389 e. The van der Waals surface area contributed by atoms with Gasteiger partial charge in [-0.25, -0.2) is 0 Å². The van der Waals surface area contributed by atoms with Crippen molar-refractivity contribution in [2.24, 2.45) is 0 Å². The lowest BCUT2D eigenvalue weighted by molar-refractivity contribution is -0.0185. The fourth-order valence-corrected chi connectivity index (χ4v) is 3.70. The lowest BCUT2D eigenvalue weighted by atomic mass is 9.95. The maximum Gasteiger partial charge on any atom is 0.0764 e. The van der Waals surface area contributed by atoms with Crippen LogP contribution in [0.25, 0.3) is 0 Å². The van der Waals surface area contributed by atoms with Crippen molar-refractivity contribution >= 4 is 0 Å². The lowest BCUT2D eigenvalue weighted by Crippen LogP contribution is -2.45. The van der Waals surface area contributed by atoms with Gasteiger partial charge in [0.15, 0.2) is 0 Å². The number of hydrogen-bond acceptors (Lipinski definition) is 3. The summed E-state index contributed by atoms with van der Waals surface area (Å²) in [7, 11) is 0. The minimum Gasteiger partial charge on any atom is -0.389 e. The van der Waals surface area contributed by atoms with E-state index in [1.165, 1.54) is 32.1 Å². The van der Waals surface area contributed by atoms with Crippen LogP contribution < -0.4 is 0 Å². The van der Waals surface area contributed by atoms with Crippen molar-refractivity contribution in [1.29, 1.82) is 0 Å². The highest BCUT2D eigenvalue weighted by atomic mass is 16.3. The molecule has 1 saturated carbocycles. The number of piperidine rings is 1. The molecule has 1 atom stereocenters. The molecule has 0 bridgehead atoms. The predicted octanol–water partition coefficient (Wildman–Crippen LogP) is 2.74. The van der Waals surface area contributed by atoms with E-state index in [-0.39, 0.29) is 0 Å². The zero-order valence-corrected chi connectivity index (χ0v) is 12.6. The van der Waals surface area contributed by atoms with E-state index < -0.39 is 5.60 Å². The third-order valence-electron chi connectivity index (χ3n) is 4.75. The van der Waals surface area contributed by atoms with Gasteiger partial charge < -0.3 is 5.11 Å². The SMILES string of the molecule is CC1(O)CCCN(Cc2ccn(C3CCCCC3)n2)C1. The van der Waals surface area contributed by atoms with E-state index >= 15 is 0 Å². The highest BCUT2D eigenvalue weighted by molar-refractivity contribution is 5.01. The van der Waals surface area contributed by atoms with E-state index in [9.17, 15) is 5.11 Å². The average molecular weight is 277 g/mol. The van der Waals surface area contributed by atoms with Gasteiger partial charge in [-0.1, -0.05) is 19.3 Å². The first-order valence-electron chi connectivity index (χ1n) is 8.11. The van der Waals surface area contributed by atoms with E-state index in [2.05, 4.69) is 21.8 Å². The third-order valence-corrected chi connectivity index (χ3v) is 4.75. The van der Waals surface area contributed by atoms with Crippen molar-refractivity contribution in [3.05, 3.63) is 18.0 Å². The standard InChI is InChI=1S/C16H27N3O/c1-16(20)9-5-10-18(13-16)12-14-8-11-19(17-14)15-6-3-2-4-7-15/h8,11,15,20H,2-7,9-10,12-13H2,1H3. The highest BCUT2D eigenvalue weighted by Gasteiger charge is 2.28. The van der Waals surface area contributed by atoms with Crippen molar-refractivity contribution in [2.45, 2.75) is 70.1 Å². The molecule has 0 spiro atoms. The van der Waals surface area contributed by atoms with Crippen LogP contribution in [0.4, 0.5) is 0 Å². The quantitative estimate of drug-likeness (QED) is 0.923. The molecular formula is C16H27N3O. The minimum atomic E-state index is -0.524. The fourth-order valence-electron chi connectivity index (χ4n) is 3.70. The first-order chi connectivity index (χ1) is 9.62. The van der Waals surface area contributed by atoms with E-state index in [0.717, 1.165) is 38.2 Å². The number of rotatable bonds is 3. The highest BCUT2D eigenvalue weighted by Crippen LogP contribution is 2.28. The number of likely N-dealkylation sites (tertiary alicyclic amines) is 1. The van der Waals surface area contributed by atoms with Crippen LogP contribution in [0.1, 0.15) is 63.6 Å². The Morgan fingerprint density at radius 2 is 2.10 bits per heavy atom. The van der Waals surface area contributed by atoms with Crippen molar-refractivity contribution in [3.8, 4) is 0 Å². The normalized spacial score (nSPS) is 29.7. The maximum absolute atomic E-state index is 10.2. The number of hydrogen-bond donors (Lipinski definition) is 1. The number of β-amino-alcohol motifs (C(OH)–C–C–N with tert-alkyl or cyclic N) is 1. The van der Waals surface area contributed by atoms with Gasteiger partial charge in [-0.3, -0.25) is 9.58 Å². The van der Waals surface area contributed by atoms with E-state index in [4.69, 9.17) is 5.10 Å². The average Bonchev–Trinajstić information content (AvgIpc) is 2.87. The van der Waals surface area contributed by atoms with E-state index in [0.29, 0.717) is 6.04 Å². The Bertz CT molecular complexity index is 435. The molecule has 1 N–H and O–H groups in total. The Morgan fingerprint density at radius 1 is 1.30 bits per heavy atom. The second-order valence-electron chi connectivity index (χ2n) is 6.89. The summed E-state index contributed by atoms with van der Waals surface area (Å²) in [5.41, 5.74) is 0.623. The second kappa shape index (κ2) is 5.86. The van der Waals surface area contributed by atoms with Crippen LogP contribution in [0.2, 0.25) is 0 Å². The molecule has 3 rings (SSSR count). The van der Waals surface area contributed by atoms with Crippen molar-refractivity contribution < 1.29 is 5.11 Å². The number of aromatic nitrogens is 2. The molecule has 1 aliphatic heterocycles. The van der Waals surface area contributed by atoms with Crippen LogP contribution in [0.15, 0.2) is 12.3 Å². The molecule has 1 aliphatic carbocycles. The van der Waals surface area contributed by atoms with Gasteiger partial charge in [-0.2, -0.15) is 5.10 Å². The predicted molar refractivity (Wildman–Crippen MR) is 79.5 cm³/mol.